The van der Waals surface area contributed by atoms with E-state index in [-0.39, 0.29) is 17.7 Å². The highest BCUT2D eigenvalue weighted by Gasteiger charge is 2.32. The first-order chi connectivity index (χ1) is 13.5. The number of carbonyl (C=O) groups is 2. The van der Waals surface area contributed by atoms with Crippen molar-refractivity contribution in [3.63, 3.8) is 0 Å². The molecule has 1 N–H and O–H groups in total. The molecule has 1 aromatic rings. The van der Waals surface area contributed by atoms with Crippen LogP contribution in [0.15, 0.2) is 21.7 Å². The number of sulfonamides is 1. The number of rotatable bonds is 6. The third-order valence-corrected chi connectivity index (χ3v) is 8.78. The molecule has 28 heavy (non-hydrogen) atoms. The van der Waals surface area contributed by atoms with Crippen molar-refractivity contribution in [2.24, 2.45) is 5.92 Å². The zero-order valence-corrected chi connectivity index (χ0v) is 17.8. The molecule has 2 aliphatic heterocycles. The molecule has 0 radical (unpaired) electrons. The van der Waals surface area contributed by atoms with E-state index < -0.39 is 10.0 Å². The Labute approximate surface area is 171 Å². The van der Waals surface area contributed by atoms with Crippen molar-refractivity contribution in [3.05, 3.63) is 17.5 Å². The first kappa shape index (κ1) is 21.3. The Morgan fingerprint density at radius 2 is 1.75 bits per heavy atom. The van der Waals surface area contributed by atoms with Crippen molar-refractivity contribution in [3.8, 4) is 0 Å². The number of hydrogen-bond acceptors (Lipinski definition) is 5. The van der Waals surface area contributed by atoms with Gasteiger partial charge in [0.15, 0.2) is 0 Å². The van der Waals surface area contributed by atoms with Gasteiger partial charge in [-0.3, -0.25) is 9.59 Å². The molecule has 0 spiro atoms. The molecular formula is C19H29N3O4S2. The molecule has 2 aliphatic rings. The first-order valence-electron chi connectivity index (χ1n) is 10.1. The maximum Gasteiger partial charge on any atom is 0.252 e. The first-order valence-corrected chi connectivity index (χ1v) is 12.4. The van der Waals surface area contributed by atoms with Gasteiger partial charge in [0.1, 0.15) is 4.21 Å². The van der Waals surface area contributed by atoms with E-state index in [1.54, 1.807) is 17.5 Å². The summed E-state index contributed by atoms with van der Waals surface area (Å²) in [4.78, 5) is 26.6. The molecule has 2 fully saturated rings. The summed E-state index contributed by atoms with van der Waals surface area (Å²) < 4.78 is 26.9. The Kier molecular flexibility index (Phi) is 7.48. The van der Waals surface area contributed by atoms with Crippen LogP contribution in [0.3, 0.4) is 0 Å². The molecule has 3 rings (SSSR count). The normalized spacial score (nSPS) is 19.9. The van der Waals surface area contributed by atoms with E-state index in [0.717, 1.165) is 25.9 Å². The van der Waals surface area contributed by atoms with E-state index in [4.69, 9.17) is 0 Å². The van der Waals surface area contributed by atoms with E-state index in [0.29, 0.717) is 43.1 Å². The lowest BCUT2D eigenvalue weighted by molar-refractivity contribution is -0.131. The van der Waals surface area contributed by atoms with Crippen LogP contribution < -0.4 is 5.32 Å². The maximum atomic E-state index is 12.5. The molecule has 1 aromatic heterocycles. The minimum atomic E-state index is -3.44. The second kappa shape index (κ2) is 9.84. The van der Waals surface area contributed by atoms with Crippen molar-refractivity contribution >= 4 is 33.2 Å². The van der Waals surface area contributed by atoms with Crippen LogP contribution in [-0.2, 0) is 19.6 Å². The molecule has 9 heteroatoms. The third kappa shape index (κ3) is 5.33. The summed E-state index contributed by atoms with van der Waals surface area (Å²) in [7, 11) is -3.44. The number of hydrogen-bond donors (Lipinski definition) is 1. The molecule has 0 bridgehead atoms. The van der Waals surface area contributed by atoms with Crippen LogP contribution in [0.1, 0.15) is 44.9 Å². The summed E-state index contributed by atoms with van der Waals surface area (Å²) in [5.74, 6) is -0.154. The van der Waals surface area contributed by atoms with Gasteiger partial charge < -0.3 is 10.2 Å². The Morgan fingerprint density at radius 3 is 2.36 bits per heavy atom. The van der Waals surface area contributed by atoms with Crippen LogP contribution in [0.5, 0.6) is 0 Å². The number of nitrogens with one attached hydrogen (secondary N) is 1. The van der Waals surface area contributed by atoms with Crippen LogP contribution in [0.4, 0.5) is 0 Å². The van der Waals surface area contributed by atoms with Crippen molar-refractivity contribution < 1.29 is 18.0 Å². The SMILES string of the molecule is O=C(NCCC(=O)N1CCCCCC1)C1CCN(S(=O)(=O)c2cccs2)CC1. The van der Waals surface area contributed by atoms with E-state index in [1.165, 1.54) is 28.5 Å². The fourth-order valence-electron chi connectivity index (χ4n) is 3.81. The smallest absolute Gasteiger partial charge is 0.252 e. The number of carbonyl (C=O) groups excluding carboxylic acids is 2. The largest absolute Gasteiger partial charge is 0.355 e. The predicted octanol–water partition coefficient (Wildman–Crippen LogP) is 2.06. The molecule has 3 heterocycles. The average molecular weight is 428 g/mol. The highest BCUT2D eigenvalue weighted by atomic mass is 32.2. The number of nitrogens with zero attached hydrogens (tertiary/aromatic N) is 2. The standard InChI is InChI=1S/C19H29N3O4S2/c23-17(21-11-3-1-2-4-12-21)7-10-20-19(24)16-8-13-22(14-9-16)28(25,26)18-6-5-15-27-18/h5-6,15-16H,1-4,7-14H2,(H,20,24). The molecule has 0 aromatic carbocycles. The van der Waals surface area contributed by atoms with Crippen molar-refractivity contribution in [2.45, 2.75) is 49.2 Å². The number of thiophene rings is 1. The molecule has 0 aliphatic carbocycles. The van der Waals surface area contributed by atoms with Gasteiger partial charge in [-0.1, -0.05) is 18.9 Å². The lowest BCUT2D eigenvalue weighted by Crippen LogP contribution is -2.43. The highest BCUT2D eigenvalue weighted by Crippen LogP contribution is 2.26. The van der Waals surface area contributed by atoms with Gasteiger partial charge in [0.2, 0.25) is 11.8 Å². The van der Waals surface area contributed by atoms with Crippen LogP contribution in [-0.4, -0.2) is 62.2 Å². The average Bonchev–Trinajstić information content (AvgIpc) is 3.12. The fraction of sp³-hybridized carbons (Fsp3) is 0.684. The minimum absolute atomic E-state index is 0.0724. The Bertz CT molecular complexity index is 748. The van der Waals surface area contributed by atoms with Crippen LogP contribution >= 0.6 is 11.3 Å². The van der Waals surface area contributed by atoms with Crippen LogP contribution in [0.2, 0.25) is 0 Å². The number of piperidine rings is 1. The van der Waals surface area contributed by atoms with Crippen molar-refractivity contribution in [2.75, 3.05) is 32.7 Å². The zero-order chi connectivity index (χ0) is 20.0. The molecule has 2 saturated heterocycles. The summed E-state index contributed by atoms with van der Waals surface area (Å²) in [6.45, 7) is 2.70. The minimum Gasteiger partial charge on any atom is -0.355 e. The summed E-state index contributed by atoms with van der Waals surface area (Å²) in [5, 5.41) is 4.62. The highest BCUT2D eigenvalue weighted by molar-refractivity contribution is 7.91. The third-order valence-electron chi connectivity index (χ3n) is 5.51. The number of likely N-dealkylation sites (tertiary alicyclic amines) is 1. The Hall–Kier alpha value is -1.45. The fourth-order valence-corrected chi connectivity index (χ4v) is 6.43. The topological polar surface area (TPSA) is 86.8 Å². The van der Waals surface area contributed by atoms with Gasteiger partial charge >= 0.3 is 0 Å². The summed E-state index contributed by atoms with van der Waals surface area (Å²) >= 11 is 1.21. The molecule has 7 nitrogen and oxygen atoms in total. The van der Waals surface area contributed by atoms with Gasteiger partial charge in [-0.15, -0.1) is 11.3 Å². The van der Waals surface area contributed by atoms with Crippen LogP contribution in [0.25, 0.3) is 0 Å². The van der Waals surface area contributed by atoms with Gasteiger partial charge in [-0.2, -0.15) is 4.31 Å². The van der Waals surface area contributed by atoms with E-state index >= 15 is 0 Å². The van der Waals surface area contributed by atoms with Gasteiger partial charge in [-0.05, 0) is 37.1 Å². The zero-order valence-electron chi connectivity index (χ0n) is 16.1. The Morgan fingerprint density at radius 1 is 1.07 bits per heavy atom. The maximum absolute atomic E-state index is 12.5. The Balaban J connectivity index is 1.40. The predicted molar refractivity (Wildman–Crippen MR) is 108 cm³/mol. The monoisotopic (exact) mass is 427 g/mol. The van der Waals surface area contributed by atoms with Gasteiger partial charge in [0.05, 0.1) is 0 Å². The summed E-state index contributed by atoms with van der Waals surface area (Å²) in [6, 6.07) is 3.34. The molecule has 2 amide bonds. The lowest BCUT2D eigenvalue weighted by atomic mass is 9.97. The van der Waals surface area contributed by atoms with Crippen molar-refractivity contribution in [1.29, 1.82) is 0 Å². The van der Waals surface area contributed by atoms with E-state index in [1.807, 2.05) is 4.90 Å². The summed E-state index contributed by atoms with van der Waals surface area (Å²) in [5.41, 5.74) is 0. The molecule has 0 saturated carbocycles. The van der Waals surface area contributed by atoms with Gasteiger partial charge in [-0.25, -0.2) is 8.42 Å². The molecule has 0 atom stereocenters. The second-order valence-electron chi connectivity index (χ2n) is 7.45. The van der Waals surface area contributed by atoms with E-state index in [2.05, 4.69) is 5.32 Å². The molecule has 0 unspecified atom stereocenters. The summed E-state index contributed by atoms with van der Waals surface area (Å²) in [6.07, 6.45) is 5.84. The van der Waals surface area contributed by atoms with Gasteiger partial charge in [0.25, 0.3) is 10.0 Å². The quantitative estimate of drug-likeness (QED) is 0.753. The molecule has 156 valence electrons. The molecular weight excluding hydrogens is 398 g/mol. The van der Waals surface area contributed by atoms with Crippen LogP contribution in [0, 0.1) is 5.92 Å². The van der Waals surface area contributed by atoms with Gasteiger partial charge in [0, 0.05) is 45.1 Å². The van der Waals surface area contributed by atoms with Crippen molar-refractivity contribution in [1.82, 2.24) is 14.5 Å². The van der Waals surface area contributed by atoms with E-state index in [9.17, 15) is 18.0 Å². The second-order valence-corrected chi connectivity index (χ2v) is 10.6. The number of amides is 2. The lowest BCUT2D eigenvalue weighted by Gasteiger charge is -2.30.